The molecule has 0 atom stereocenters. The number of nitrogens with zero attached hydrogens (tertiary/aromatic N) is 1. The molecule has 0 spiro atoms. The highest BCUT2D eigenvalue weighted by Crippen LogP contribution is 2.16. The van der Waals surface area contributed by atoms with Gasteiger partial charge in [-0.2, -0.15) is 0 Å². The quantitative estimate of drug-likeness (QED) is 0.943. The molecule has 1 N–H and O–H groups in total. The van der Waals surface area contributed by atoms with Crippen molar-refractivity contribution in [1.82, 2.24) is 4.57 Å². The van der Waals surface area contributed by atoms with Gasteiger partial charge in [0.1, 0.15) is 5.76 Å². The molecule has 0 aliphatic heterocycles. The van der Waals surface area contributed by atoms with Crippen molar-refractivity contribution in [2.45, 2.75) is 13.5 Å². The molecule has 94 valence electrons. The molecule has 0 radical (unpaired) electrons. The number of halogens is 1. The van der Waals surface area contributed by atoms with Crippen LogP contribution in [0.15, 0.2) is 38.1 Å². The Morgan fingerprint density at radius 1 is 1.50 bits per heavy atom. The predicted molar refractivity (Wildman–Crippen MR) is 67.9 cm³/mol. The normalized spacial score (nSPS) is 10.6. The van der Waals surface area contributed by atoms with E-state index in [1.54, 1.807) is 19.2 Å². The van der Waals surface area contributed by atoms with Gasteiger partial charge in [-0.05, 0) is 35.0 Å². The summed E-state index contributed by atoms with van der Waals surface area (Å²) >= 11 is 3.28. The van der Waals surface area contributed by atoms with Gasteiger partial charge in [0.25, 0.3) is 5.56 Å². The fraction of sp³-hybridized carbons (Fsp3) is 0.167. The van der Waals surface area contributed by atoms with Crippen molar-refractivity contribution in [3.8, 4) is 0 Å². The minimum absolute atomic E-state index is 0.120. The zero-order valence-corrected chi connectivity index (χ0v) is 11.1. The highest BCUT2D eigenvalue weighted by molar-refractivity contribution is 9.10. The molecule has 0 aromatic carbocycles. The molecule has 2 heterocycles. The van der Waals surface area contributed by atoms with Crippen LogP contribution >= 0.6 is 15.9 Å². The smallest absolute Gasteiger partial charge is 0.371 e. The minimum Gasteiger partial charge on any atom is -0.475 e. The number of rotatable bonds is 3. The highest BCUT2D eigenvalue weighted by Gasteiger charge is 2.13. The first kappa shape index (κ1) is 12.6. The second-order valence-corrected chi connectivity index (χ2v) is 4.73. The Morgan fingerprint density at radius 2 is 2.22 bits per heavy atom. The third-order valence-corrected chi connectivity index (χ3v) is 2.99. The second kappa shape index (κ2) is 4.81. The lowest BCUT2D eigenvalue weighted by Gasteiger charge is -2.04. The Morgan fingerprint density at radius 3 is 2.83 bits per heavy atom. The summed E-state index contributed by atoms with van der Waals surface area (Å²) in [7, 11) is 0. The number of carboxylic acid groups (broad SMARTS) is 1. The fourth-order valence-corrected chi connectivity index (χ4v) is 1.97. The molecule has 2 aromatic rings. The van der Waals surface area contributed by atoms with Crippen LogP contribution in [-0.4, -0.2) is 15.6 Å². The summed E-state index contributed by atoms with van der Waals surface area (Å²) < 4.78 is 7.35. The SMILES string of the molecule is Cc1oc(C(=O)O)cc1Cn1cc(Br)ccc1=O. The zero-order valence-electron chi connectivity index (χ0n) is 9.51. The number of furan rings is 1. The second-order valence-electron chi connectivity index (χ2n) is 3.81. The molecule has 0 aliphatic carbocycles. The highest BCUT2D eigenvalue weighted by atomic mass is 79.9. The average Bonchev–Trinajstić information content (AvgIpc) is 2.66. The van der Waals surface area contributed by atoms with Gasteiger partial charge >= 0.3 is 5.97 Å². The van der Waals surface area contributed by atoms with Crippen LogP contribution in [0.3, 0.4) is 0 Å². The van der Waals surface area contributed by atoms with Crippen molar-refractivity contribution in [2.75, 3.05) is 0 Å². The Hall–Kier alpha value is -1.82. The van der Waals surface area contributed by atoms with Crippen LogP contribution in [0.2, 0.25) is 0 Å². The van der Waals surface area contributed by atoms with E-state index in [0.717, 1.165) is 4.47 Å². The summed E-state index contributed by atoms with van der Waals surface area (Å²) in [5.74, 6) is -0.740. The van der Waals surface area contributed by atoms with Gasteiger partial charge in [-0.15, -0.1) is 0 Å². The number of carbonyl (C=O) groups is 1. The van der Waals surface area contributed by atoms with Crippen molar-refractivity contribution in [3.05, 3.63) is 56.3 Å². The van der Waals surface area contributed by atoms with Crippen molar-refractivity contribution in [2.24, 2.45) is 0 Å². The van der Waals surface area contributed by atoms with E-state index in [9.17, 15) is 9.59 Å². The molecule has 0 unspecified atom stereocenters. The number of hydrogen-bond acceptors (Lipinski definition) is 3. The Balaban J connectivity index is 2.37. The molecule has 0 amide bonds. The van der Waals surface area contributed by atoms with Gasteiger partial charge in [-0.25, -0.2) is 4.79 Å². The van der Waals surface area contributed by atoms with Gasteiger partial charge in [-0.3, -0.25) is 4.79 Å². The maximum Gasteiger partial charge on any atom is 0.371 e. The van der Waals surface area contributed by atoms with E-state index >= 15 is 0 Å². The van der Waals surface area contributed by atoms with Crippen LogP contribution in [-0.2, 0) is 6.54 Å². The molecule has 6 heteroatoms. The minimum atomic E-state index is -1.12. The van der Waals surface area contributed by atoms with Crippen molar-refractivity contribution in [3.63, 3.8) is 0 Å². The van der Waals surface area contributed by atoms with Crippen LogP contribution in [0.1, 0.15) is 21.9 Å². The first-order chi connectivity index (χ1) is 8.47. The van der Waals surface area contributed by atoms with Gasteiger partial charge in [-0.1, -0.05) is 0 Å². The summed E-state index contributed by atoms with van der Waals surface area (Å²) in [6.07, 6.45) is 1.65. The van der Waals surface area contributed by atoms with Gasteiger partial charge in [0, 0.05) is 22.3 Å². The maximum absolute atomic E-state index is 11.6. The monoisotopic (exact) mass is 311 g/mol. The summed E-state index contributed by atoms with van der Waals surface area (Å²) in [5, 5.41) is 8.82. The largest absolute Gasteiger partial charge is 0.475 e. The average molecular weight is 312 g/mol. The molecule has 0 bridgehead atoms. The third kappa shape index (κ3) is 2.53. The van der Waals surface area contributed by atoms with Crippen LogP contribution < -0.4 is 5.56 Å². The fourth-order valence-electron chi connectivity index (χ4n) is 1.59. The first-order valence-corrected chi connectivity index (χ1v) is 5.95. The molecule has 0 fully saturated rings. The molecule has 0 aliphatic rings. The molecular formula is C12H10BrNO4. The predicted octanol–water partition coefficient (Wildman–Crippen LogP) is 2.26. The topological polar surface area (TPSA) is 72.4 Å². The number of hydrogen-bond donors (Lipinski definition) is 1. The van der Waals surface area contributed by atoms with E-state index in [4.69, 9.17) is 9.52 Å². The van der Waals surface area contributed by atoms with E-state index in [-0.39, 0.29) is 17.9 Å². The molecule has 5 nitrogen and oxygen atoms in total. The lowest BCUT2D eigenvalue weighted by atomic mass is 10.2. The first-order valence-electron chi connectivity index (χ1n) is 5.16. The number of aromatic carboxylic acids is 1. The van der Waals surface area contributed by atoms with Gasteiger partial charge < -0.3 is 14.1 Å². The van der Waals surface area contributed by atoms with Crippen molar-refractivity contribution < 1.29 is 14.3 Å². The Kier molecular flexibility index (Phi) is 3.38. The van der Waals surface area contributed by atoms with E-state index < -0.39 is 5.97 Å². The van der Waals surface area contributed by atoms with Gasteiger partial charge in [0.2, 0.25) is 5.76 Å². The lowest BCUT2D eigenvalue weighted by molar-refractivity contribution is 0.0661. The van der Waals surface area contributed by atoms with Crippen LogP contribution in [0.25, 0.3) is 0 Å². The molecule has 0 saturated heterocycles. The maximum atomic E-state index is 11.6. The summed E-state index contributed by atoms with van der Waals surface area (Å²) in [6, 6.07) is 4.53. The number of aromatic nitrogens is 1. The summed E-state index contributed by atoms with van der Waals surface area (Å²) in [5.41, 5.74) is 0.517. The molecule has 18 heavy (non-hydrogen) atoms. The van der Waals surface area contributed by atoms with Crippen LogP contribution in [0.4, 0.5) is 0 Å². The van der Waals surface area contributed by atoms with Crippen molar-refractivity contribution >= 4 is 21.9 Å². The Bertz CT molecular complexity index is 656. The molecule has 2 rings (SSSR count). The van der Waals surface area contributed by atoms with Crippen LogP contribution in [0, 0.1) is 6.92 Å². The standard InChI is InChI=1S/C12H10BrNO4/c1-7-8(4-10(18-7)12(16)17)5-14-6-9(13)2-3-11(14)15/h2-4,6H,5H2,1H3,(H,16,17). The Labute approximate surface area is 111 Å². The number of carboxylic acids is 1. The third-order valence-electron chi connectivity index (χ3n) is 2.52. The molecule has 0 saturated carbocycles. The van der Waals surface area contributed by atoms with Gasteiger partial charge in [0.15, 0.2) is 0 Å². The van der Waals surface area contributed by atoms with Gasteiger partial charge in [0.05, 0.1) is 6.54 Å². The lowest BCUT2D eigenvalue weighted by Crippen LogP contribution is -2.18. The van der Waals surface area contributed by atoms with Crippen molar-refractivity contribution in [1.29, 1.82) is 0 Å². The number of pyridine rings is 1. The molecular weight excluding hydrogens is 302 g/mol. The molecule has 2 aromatic heterocycles. The number of aryl methyl sites for hydroxylation is 1. The van der Waals surface area contributed by atoms with E-state index in [1.165, 1.54) is 16.7 Å². The summed E-state index contributed by atoms with van der Waals surface area (Å²) in [4.78, 5) is 22.4. The van der Waals surface area contributed by atoms with Crippen LogP contribution in [0.5, 0.6) is 0 Å². The zero-order chi connectivity index (χ0) is 13.3. The summed E-state index contributed by atoms with van der Waals surface area (Å²) in [6.45, 7) is 1.95. The van der Waals surface area contributed by atoms with E-state index in [1.807, 2.05) is 0 Å². The van der Waals surface area contributed by atoms with E-state index in [0.29, 0.717) is 11.3 Å². The van der Waals surface area contributed by atoms with E-state index in [2.05, 4.69) is 15.9 Å².